The fourth-order valence-corrected chi connectivity index (χ4v) is 2.83. The van der Waals surface area contributed by atoms with Crippen LogP contribution < -0.4 is 4.74 Å². The van der Waals surface area contributed by atoms with Crippen LogP contribution in [0, 0.1) is 16.0 Å². The lowest BCUT2D eigenvalue weighted by Crippen LogP contribution is -2.05. The van der Waals surface area contributed by atoms with E-state index in [0.717, 1.165) is 17.9 Å². The number of rotatable bonds is 6. The van der Waals surface area contributed by atoms with Crippen LogP contribution >= 0.6 is 0 Å². The zero-order valence-corrected chi connectivity index (χ0v) is 14.4. The fourth-order valence-electron chi connectivity index (χ4n) is 2.83. The van der Waals surface area contributed by atoms with E-state index >= 15 is 0 Å². The molecule has 1 aliphatic carbocycles. The Bertz CT molecular complexity index is 843. The molecular weight excluding hydrogens is 336 g/mol. The summed E-state index contributed by atoms with van der Waals surface area (Å²) in [4.78, 5) is 27.1. The van der Waals surface area contributed by atoms with Crippen molar-refractivity contribution in [1.82, 2.24) is 0 Å². The van der Waals surface area contributed by atoms with E-state index in [1.54, 1.807) is 7.11 Å². The number of ether oxygens (including phenoxy) is 1. The Labute approximate surface area is 150 Å². The Morgan fingerprint density at radius 2 is 1.81 bits per heavy atom. The third-order valence-corrected chi connectivity index (χ3v) is 4.46. The third kappa shape index (κ3) is 3.88. The maximum atomic E-state index is 12.0. The second-order valence-electron chi connectivity index (χ2n) is 6.14. The van der Waals surface area contributed by atoms with Crippen molar-refractivity contribution in [2.24, 2.45) is 11.1 Å². The molecule has 0 bridgehead atoms. The summed E-state index contributed by atoms with van der Waals surface area (Å²) >= 11 is 0. The van der Waals surface area contributed by atoms with Crippen LogP contribution in [0.4, 0.5) is 5.69 Å². The summed E-state index contributed by atoms with van der Waals surface area (Å²) < 4.78 is 5.15. The monoisotopic (exact) mass is 354 g/mol. The van der Waals surface area contributed by atoms with Crippen molar-refractivity contribution in [3.63, 3.8) is 0 Å². The van der Waals surface area contributed by atoms with E-state index in [9.17, 15) is 14.9 Å². The van der Waals surface area contributed by atoms with Gasteiger partial charge in [0, 0.05) is 18.1 Å². The van der Waals surface area contributed by atoms with Gasteiger partial charge in [0.15, 0.2) is 0 Å². The molecule has 0 spiro atoms. The second-order valence-corrected chi connectivity index (χ2v) is 6.14. The summed E-state index contributed by atoms with van der Waals surface area (Å²) in [5, 5.41) is 14.6. The summed E-state index contributed by atoms with van der Waals surface area (Å²) in [6, 6.07) is 13.1. The van der Waals surface area contributed by atoms with E-state index in [1.165, 1.54) is 29.8 Å². The van der Waals surface area contributed by atoms with Gasteiger partial charge in [-0.3, -0.25) is 10.1 Å². The van der Waals surface area contributed by atoms with Crippen LogP contribution in [0.2, 0.25) is 0 Å². The molecule has 2 atom stereocenters. The number of benzene rings is 2. The van der Waals surface area contributed by atoms with Gasteiger partial charge in [0.1, 0.15) is 5.75 Å². The normalized spacial score (nSPS) is 18.9. The first-order valence-electron chi connectivity index (χ1n) is 8.14. The van der Waals surface area contributed by atoms with Gasteiger partial charge in [-0.2, -0.15) is 0 Å². The fraction of sp³-hybridized carbons (Fsp3) is 0.263. The topological polar surface area (TPSA) is 91.0 Å². The minimum absolute atomic E-state index is 0.0819. The molecule has 0 heterocycles. The van der Waals surface area contributed by atoms with Gasteiger partial charge >= 0.3 is 5.97 Å². The van der Waals surface area contributed by atoms with E-state index < -0.39 is 10.9 Å². The summed E-state index contributed by atoms with van der Waals surface area (Å²) in [5.74, 6) is 0.782. The Kier molecular flexibility index (Phi) is 4.97. The van der Waals surface area contributed by atoms with Gasteiger partial charge in [0.2, 0.25) is 0 Å². The Morgan fingerprint density at radius 3 is 2.38 bits per heavy atom. The quantitative estimate of drug-likeness (QED) is 0.339. The molecule has 7 heteroatoms. The maximum Gasteiger partial charge on any atom is 0.365 e. The smallest absolute Gasteiger partial charge is 0.365 e. The van der Waals surface area contributed by atoms with Crippen molar-refractivity contribution in [2.45, 2.75) is 19.3 Å². The average Bonchev–Trinajstić information content (AvgIpc) is 3.47. The first-order valence-corrected chi connectivity index (χ1v) is 8.14. The first-order chi connectivity index (χ1) is 12.5. The molecule has 2 aromatic carbocycles. The molecular formula is C19H18N2O5. The van der Waals surface area contributed by atoms with Gasteiger partial charge in [-0.1, -0.05) is 17.3 Å². The van der Waals surface area contributed by atoms with Crippen molar-refractivity contribution >= 4 is 17.4 Å². The summed E-state index contributed by atoms with van der Waals surface area (Å²) in [5.41, 5.74) is 2.09. The standard InChI is InChI=1S/C19H18N2O5/c1-12(17-11-18(17)13-5-9-16(25-2)10-6-13)20-26-19(22)14-3-7-15(8-4-14)21(23)24/h3-10,17-18H,11H2,1-2H3/t17-,18+/m0/s1. The highest BCUT2D eigenvalue weighted by Crippen LogP contribution is 2.48. The molecule has 1 fully saturated rings. The number of methoxy groups -OCH3 is 1. The van der Waals surface area contributed by atoms with Crippen molar-refractivity contribution in [3.8, 4) is 5.75 Å². The lowest BCUT2D eigenvalue weighted by Gasteiger charge is -2.03. The number of oxime groups is 1. The van der Waals surface area contributed by atoms with Gasteiger partial charge < -0.3 is 9.57 Å². The molecule has 1 aliphatic rings. The van der Waals surface area contributed by atoms with E-state index in [2.05, 4.69) is 5.16 Å². The van der Waals surface area contributed by atoms with Gasteiger partial charge in [0.25, 0.3) is 5.69 Å². The van der Waals surface area contributed by atoms with Gasteiger partial charge in [-0.15, -0.1) is 0 Å². The molecule has 0 aromatic heterocycles. The van der Waals surface area contributed by atoms with Crippen LogP contribution in [0.5, 0.6) is 5.75 Å². The summed E-state index contributed by atoms with van der Waals surface area (Å²) in [6.45, 7) is 1.83. The Morgan fingerprint density at radius 1 is 1.15 bits per heavy atom. The number of carbonyl (C=O) groups excluding carboxylic acids is 1. The molecule has 0 saturated heterocycles. The average molecular weight is 354 g/mol. The van der Waals surface area contributed by atoms with Crippen LogP contribution in [0.25, 0.3) is 0 Å². The number of carbonyl (C=O) groups is 1. The van der Waals surface area contributed by atoms with E-state index in [-0.39, 0.29) is 17.2 Å². The molecule has 1 saturated carbocycles. The third-order valence-electron chi connectivity index (χ3n) is 4.46. The molecule has 0 amide bonds. The lowest BCUT2D eigenvalue weighted by atomic mass is 10.1. The van der Waals surface area contributed by atoms with Crippen molar-refractivity contribution in [3.05, 3.63) is 69.8 Å². The number of hydrogen-bond donors (Lipinski definition) is 0. The molecule has 0 N–H and O–H groups in total. The predicted molar refractivity (Wildman–Crippen MR) is 95.5 cm³/mol. The molecule has 2 aromatic rings. The van der Waals surface area contributed by atoms with Crippen LogP contribution in [0.15, 0.2) is 53.7 Å². The van der Waals surface area contributed by atoms with Crippen molar-refractivity contribution in [2.75, 3.05) is 7.11 Å². The molecule has 3 rings (SSSR count). The zero-order valence-electron chi connectivity index (χ0n) is 14.4. The molecule has 134 valence electrons. The van der Waals surface area contributed by atoms with Gasteiger partial charge in [0.05, 0.1) is 23.3 Å². The number of nitrogens with zero attached hydrogens (tertiary/aromatic N) is 2. The number of non-ortho nitro benzene ring substituents is 1. The SMILES string of the molecule is COc1ccc([C@H]2C[C@H]2C(C)=NOC(=O)c2ccc([N+](=O)[O-])cc2)cc1. The largest absolute Gasteiger partial charge is 0.497 e. The Hall–Kier alpha value is -3.22. The van der Waals surface area contributed by atoms with Crippen molar-refractivity contribution < 1.29 is 19.3 Å². The molecule has 0 aliphatic heterocycles. The maximum absolute atomic E-state index is 12.0. The highest BCUT2D eigenvalue weighted by molar-refractivity contribution is 5.92. The minimum atomic E-state index is -0.638. The second kappa shape index (κ2) is 7.35. The highest BCUT2D eigenvalue weighted by atomic mass is 16.7. The zero-order chi connectivity index (χ0) is 18.7. The van der Waals surface area contributed by atoms with E-state index in [1.807, 2.05) is 31.2 Å². The molecule has 7 nitrogen and oxygen atoms in total. The van der Waals surface area contributed by atoms with Crippen molar-refractivity contribution in [1.29, 1.82) is 0 Å². The van der Waals surface area contributed by atoms with Gasteiger partial charge in [-0.05, 0) is 49.1 Å². The summed E-state index contributed by atoms with van der Waals surface area (Å²) in [7, 11) is 1.63. The van der Waals surface area contributed by atoms with Gasteiger partial charge in [-0.25, -0.2) is 4.79 Å². The molecule has 26 heavy (non-hydrogen) atoms. The van der Waals surface area contributed by atoms with E-state index in [4.69, 9.17) is 9.57 Å². The van der Waals surface area contributed by atoms with E-state index in [0.29, 0.717) is 5.92 Å². The Balaban J connectivity index is 1.58. The van der Waals surface area contributed by atoms with Crippen LogP contribution in [-0.2, 0) is 4.84 Å². The number of nitro groups is 1. The van der Waals surface area contributed by atoms with Crippen LogP contribution in [0.1, 0.15) is 35.2 Å². The van der Waals surface area contributed by atoms with Crippen LogP contribution in [-0.4, -0.2) is 23.7 Å². The molecule has 0 unspecified atom stereocenters. The number of nitro benzene ring substituents is 1. The number of hydrogen-bond acceptors (Lipinski definition) is 6. The van der Waals surface area contributed by atoms with Crippen LogP contribution in [0.3, 0.4) is 0 Å². The summed E-state index contributed by atoms with van der Waals surface area (Å²) in [6.07, 6.45) is 0.955. The highest BCUT2D eigenvalue weighted by Gasteiger charge is 2.40. The molecule has 0 radical (unpaired) electrons. The first kappa shape index (κ1) is 17.6. The minimum Gasteiger partial charge on any atom is -0.497 e. The lowest BCUT2D eigenvalue weighted by molar-refractivity contribution is -0.384. The predicted octanol–water partition coefficient (Wildman–Crippen LogP) is 3.94.